The number of carboxylic acid groups (broad SMARTS) is 1. The van der Waals surface area contributed by atoms with Crippen LogP contribution in [0.4, 0.5) is 5.69 Å². The van der Waals surface area contributed by atoms with E-state index in [1.54, 1.807) is 13.0 Å². The van der Waals surface area contributed by atoms with Gasteiger partial charge in [-0.25, -0.2) is 4.79 Å². The molecule has 0 heterocycles. The summed E-state index contributed by atoms with van der Waals surface area (Å²) >= 11 is 0. The van der Waals surface area contributed by atoms with Crippen molar-refractivity contribution in [3.8, 4) is 0 Å². The van der Waals surface area contributed by atoms with Crippen LogP contribution in [0, 0.1) is 12.8 Å². The van der Waals surface area contributed by atoms with Crippen LogP contribution < -0.4 is 11.1 Å². The second-order valence-electron chi connectivity index (χ2n) is 4.74. The summed E-state index contributed by atoms with van der Waals surface area (Å²) in [7, 11) is 0. The zero-order valence-electron chi connectivity index (χ0n) is 11.4. The molecule has 0 saturated heterocycles. The van der Waals surface area contributed by atoms with Gasteiger partial charge in [-0.3, -0.25) is 4.79 Å². The number of aromatic carboxylic acids is 1. The molecule has 0 aliphatic rings. The number of carbonyl (C=O) groups excluding carboxylic acids is 1. The molecule has 1 unspecified atom stereocenters. The quantitative estimate of drug-likeness (QED) is 0.758. The van der Waals surface area contributed by atoms with Crippen molar-refractivity contribution in [3.05, 3.63) is 29.3 Å². The van der Waals surface area contributed by atoms with Gasteiger partial charge in [0, 0.05) is 5.69 Å². The van der Waals surface area contributed by atoms with Crippen molar-refractivity contribution in [1.29, 1.82) is 0 Å². The monoisotopic (exact) mass is 264 g/mol. The normalized spacial score (nSPS) is 13.7. The van der Waals surface area contributed by atoms with Crippen LogP contribution in [-0.2, 0) is 4.79 Å². The van der Waals surface area contributed by atoms with E-state index in [4.69, 9.17) is 10.8 Å². The lowest BCUT2D eigenvalue weighted by atomic mass is 9.99. The fraction of sp³-hybridized carbons (Fsp3) is 0.429. The second kappa shape index (κ2) is 6.33. The molecule has 19 heavy (non-hydrogen) atoms. The highest BCUT2D eigenvalue weighted by molar-refractivity contribution is 5.96. The van der Waals surface area contributed by atoms with Gasteiger partial charge in [0.2, 0.25) is 5.91 Å². The van der Waals surface area contributed by atoms with E-state index >= 15 is 0 Å². The van der Waals surface area contributed by atoms with Crippen LogP contribution in [0.25, 0.3) is 0 Å². The number of carboxylic acids is 1. The molecule has 0 saturated carbocycles. The smallest absolute Gasteiger partial charge is 0.335 e. The number of hydrogen-bond acceptors (Lipinski definition) is 3. The van der Waals surface area contributed by atoms with Gasteiger partial charge in [0.05, 0.1) is 11.6 Å². The van der Waals surface area contributed by atoms with Gasteiger partial charge in [-0.05, 0) is 36.6 Å². The van der Waals surface area contributed by atoms with Crippen molar-refractivity contribution < 1.29 is 14.7 Å². The second-order valence-corrected chi connectivity index (χ2v) is 4.74. The number of hydrogen-bond donors (Lipinski definition) is 3. The van der Waals surface area contributed by atoms with Crippen LogP contribution in [0.5, 0.6) is 0 Å². The van der Waals surface area contributed by atoms with Crippen LogP contribution in [0.15, 0.2) is 18.2 Å². The maximum Gasteiger partial charge on any atom is 0.335 e. The number of rotatable bonds is 5. The molecule has 0 aliphatic heterocycles. The third-order valence-electron chi connectivity index (χ3n) is 3.29. The minimum absolute atomic E-state index is 0.0959. The van der Waals surface area contributed by atoms with Gasteiger partial charge in [-0.15, -0.1) is 0 Å². The van der Waals surface area contributed by atoms with Gasteiger partial charge in [-0.1, -0.05) is 20.3 Å². The molecule has 1 aromatic rings. The van der Waals surface area contributed by atoms with Crippen molar-refractivity contribution in [2.45, 2.75) is 33.2 Å². The lowest BCUT2D eigenvalue weighted by Gasteiger charge is -2.18. The fourth-order valence-electron chi connectivity index (χ4n) is 1.67. The molecule has 1 rings (SSSR count). The summed E-state index contributed by atoms with van der Waals surface area (Å²) in [6, 6.07) is 4.00. The first-order valence-electron chi connectivity index (χ1n) is 6.27. The first-order chi connectivity index (χ1) is 8.86. The van der Waals surface area contributed by atoms with Gasteiger partial charge in [-0.2, -0.15) is 0 Å². The number of carbonyl (C=O) groups is 2. The number of amides is 1. The van der Waals surface area contributed by atoms with Crippen LogP contribution in [-0.4, -0.2) is 23.0 Å². The van der Waals surface area contributed by atoms with E-state index in [0.29, 0.717) is 11.3 Å². The summed E-state index contributed by atoms with van der Waals surface area (Å²) < 4.78 is 0. The molecular formula is C14H20N2O3. The standard InChI is InChI=1S/C14H20N2O3/c1-4-8(2)12(15)13(17)16-11-6-5-10(14(18)19)7-9(11)3/h5-8,12H,4,15H2,1-3H3,(H,16,17)(H,18,19)/t8?,12-/m0/s1. The third-order valence-corrected chi connectivity index (χ3v) is 3.29. The first kappa shape index (κ1) is 15.2. The molecule has 0 fully saturated rings. The Morgan fingerprint density at radius 3 is 2.53 bits per heavy atom. The Bertz CT molecular complexity index is 486. The van der Waals surface area contributed by atoms with Crippen molar-refractivity contribution in [2.75, 3.05) is 5.32 Å². The molecule has 1 aromatic carbocycles. The average Bonchev–Trinajstić information content (AvgIpc) is 2.38. The minimum atomic E-state index is -0.989. The molecule has 0 radical (unpaired) electrons. The number of anilines is 1. The van der Waals surface area contributed by atoms with Gasteiger partial charge >= 0.3 is 5.97 Å². The number of nitrogens with two attached hydrogens (primary N) is 1. The maximum absolute atomic E-state index is 11.9. The van der Waals surface area contributed by atoms with Crippen molar-refractivity contribution in [1.82, 2.24) is 0 Å². The summed E-state index contributed by atoms with van der Waals surface area (Å²) in [5, 5.41) is 11.6. The number of benzene rings is 1. The summed E-state index contributed by atoms with van der Waals surface area (Å²) in [4.78, 5) is 22.7. The minimum Gasteiger partial charge on any atom is -0.478 e. The highest BCUT2D eigenvalue weighted by atomic mass is 16.4. The van der Waals surface area contributed by atoms with Crippen LogP contribution in [0.1, 0.15) is 36.2 Å². The molecule has 0 bridgehead atoms. The summed E-state index contributed by atoms with van der Waals surface area (Å²) in [6.07, 6.45) is 0.825. The molecule has 0 spiro atoms. The van der Waals surface area contributed by atoms with Gasteiger partial charge < -0.3 is 16.2 Å². The lowest BCUT2D eigenvalue weighted by molar-refractivity contribution is -0.118. The van der Waals surface area contributed by atoms with E-state index in [0.717, 1.165) is 6.42 Å². The number of aryl methyl sites for hydroxylation is 1. The Kier molecular flexibility index (Phi) is 5.06. The highest BCUT2D eigenvalue weighted by Crippen LogP contribution is 2.17. The van der Waals surface area contributed by atoms with E-state index in [9.17, 15) is 9.59 Å². The summed E-state index contributed by atoms with van der Waals surface area (Å²) in [5.74, 6) is -1.14. The SMILES string of the molecule is CCC(C)[C@H](N)C(=O)Nc1ccc(C(=O)O)cc1C. The predicted octanol–water partition coefficient (Wildman–Crippen LogP) is 2.01. The first-order valence-corrected chi connectivity index (χ1v) is 6.27. The van der Waals surface area contributed by atoms with Crippen molar-refractivity contribution in [3.63, 3.8) is 0 Å². The Hall–Kier alpha value is -1.88. The highest BCUT2D eigenvalue weighted by Gasteiger charge is 2.20. The summed E-state index contributed by atoms with van der Waals surface area (Å²) in [6.45, 7) is 5.65. The molecule has 0 aliphatic carbocycles. The zero-order valence-corrected chi connectivity index (χ0v) is 11.4. The molecule has 1 amide bonds. The maximum atomic E-state index is 11.9. The van der Waals surface area contributed by atoms with E-state index < -0.39 is 12.0 Å². The molecular weight excluding hydrogens is 244 g/mol. The van der Waals surface area contributed by atoms with Crippen LogP contribution >= 0.6 is 0 Å². The largest absolute Gasteiger partial charge is 0.478 e. The van der Waals surface area contributed by atoms with E-state index in [1.165, 1.54) is 12.1 Å². The summed E-state index contributed by atoms with van der Waals surface area (Å²) in [5.41, 5.74) is 7.33. The van der Waals surface area contributed by atoms with Crippen molar-refractivity contribution in [2.24, 2.45) is 11.7 Å². The Balaban J connectivity index is 2.83. The van der Waals surface area contributed by atoms with E-state index in [1.807, 2.05) is 13.8 Å². The molecule has 104 valence electrons. The molecule has 5 nitrogen and oxygen atoms in total. The van der Waals surface area contributed by atoms with E-state index in [2.05, 4.69) is 5.32 Å². The topological polar surface area (TPSA) is 92.4 Å². The van der Waals surface area contributed by atoms with Crippen molar-refractivity contribution >= 4 is 17.6 Å². The van der Waals surface area contributed by atoms with Gasteiger partial charge in [0.1, 0.15) is 0 Å². The Morgan fingerprint density at radius 2 is 2.05 bits per heavy atom. The average molecular weight is 264 g/mol. The molecule has 2 atom stereocenters. The fourth-order valence-corrected chi connectivity index (χ4v) is 1.67. The Morgan fingerprint density at radius 1 is 1.42 bits per heavy atom. The Labute approximate surface area is 112 Å². The van der Waals surface area contributed by atoms with Crippen LogP contribution in [0.3, 0.4) is 0 Å². The van der Waals surface area contributed by atoms with Gasteiger partial charge in [0.25, 0.3) is 0 Å². The van der Waals surface area contributed by atoms with Gasteiger partial charge in [0.15, 0.2) is 0 Å². The zero-order chi connectivity index (χ0) is 14.6. The predicted molar refractivity (Wildman–Crippen MR) is 74.2 cm³/mol. The molecule has 4 N–H and O–H groups in total. The number of nitrogens with one attached hydrogen (secondary N) is 1. The third kappa shape index (κ3) is 3.79. The molecule has 0 aromatic heterocycles. The van der Waals surface area contributed by atoms with E-state index in [-0.39, 0.29) is 17.4 Å². The molecule has 5 heteroatoms. The van der Waals surface area contributed by atoms with Crippen LogP contribution in [0.2, 0.25) is 0 Å². The lowest BCUT2D eigenvalue weighted by Crippen LogP contribution is -2.40.